The monoisotopic (exact) mass is 288 g/mol. The molecule has 0 amide bonds. The van der Waals surface area contributed by atoms with Crippen LogP contribution in [0.3, 0.4) is 0 Å². The molecule has 0 N–H and O–H groups in total. The number of rotatable bonds is 8. The number of aliphatic imine (C=N–C) groups is 1. The maximum Gasteiger partial charge on any atom is 0.292 e. The van der Waals surface area contributed by atoms with Gasteiger partial charge in [0, 0.05) is 12.2 Å². The van der Waals surface area contributed by atoms with Gasteiger partial charge in [0.2, 0.25) is 0 Å². The molecule has 3 nitrogen and oxygen atoms in total. The molecule has 0 bridgehead atoms. The number of hydrogen-bond donors (Lipinski definition) is 0. The summed E-state index contributed by atoms with van der Waals surface area (Å²) in [5.74, 6) is 0. The van der Waals surface area contributed by atoms with E-state index >= 15 is 0 Å². The first-order chi connectivity index (χ1) is 10.3. The molecule has 2 rings (SSSR count). The van der Waals surface area contributed by atoms with Crippen LogP contribution in [-0.4, -0.2) is 25.2 Å². The van der Waals surface area contributed by atoms with E-state index < -0.39 is 0 Å². The highest BCUT2D eigenvalue weighted by Gasteiger charge is 2.22. The summed E-state index contributed by atoms with van der Waals surface area (Å²) in [4.78, 5) is 6.74. The van der Waals surface area contributed by atoms with E-state index in [4.69, 9.17) is 4.74 Å². The molecular weight excluding hydrogens is 260 g/mol. The topological polar surface area (TPSA) is 24.8 Å². The molecule has 1 aliphatic rings. The molecule has 1 aromatic rings. The van der Waals surface area contributed by atoms with Gasteiger partial charge < -0.3 is 4.74 Å². The van der Waals surface area contributed by atoms with E-state index in [0.717, 1.165) is 32.0 Å². The molecule has 1 unspecified atom stereocenters. The van der Waals surface area contributed by atoms with Crippen molar-refractivity contribution in [1.82, 2.24) is 0 Å². The van der Waals surface area contributed by atoms with Crippen molar-refractivity contribution in [2.24, 2.45) is 4.99 Å². The molecule has 1 aromatic carbocycles. The van der Waals surface area contributed by atoms with Crippen LogP contribution >= 0.6 is 0 Å². The summed E-state index contributed by atoms with van der Waals surface area (Å²) in [5, 5.41) is 0. The Kier molecular flexibility index (Phi) is 6.58. The van der Waals surface area contributed by atoms with Crippen molar-refractivity contribution in [2.75, 3.05) is 18.0 Å². The fraction of sp³-hybridized carbons (Fsp3) is 0.611. The van der Waals surface area contributed by atoms with E-state index in [1.54, 1.807) is 0 Å². The Hall–Kier alpha value is -1.51. The van der Waals surface area contributed by atoms with E-state index in [9.17, 15) is 0 Å². The molecule has 1 heterocycles. The van der Waals surface area contributed by atoms with Crippen LogP contribution < -0.4 is 4.90 Å². The SMILES string of the molecule is CCCCCCC(CC)OC1=NCCN1c1ccccc1. The summed E-state index contributed by atoms with van der Waals surface area (Å²) in [5.41, 5.74) is 1.18. The average molecular weight is 288 g/mol. The Labute approximate surface area is 129 Å². The minimum absolute atomic E-state index is 0.296. The zero-order valence-corrected chi connectivity index (χ0v) is 13.4. The van der Waals surface area contributed by atoms with Gasteiger partial charge in [-0.05, 0) is 31.4 Å². The van der Waals surface area contributed by atoms with Gasteiger partial charge in [-0.3, -0.25) is 4.90 Å². The Morgan fingerprint density at radius 3 is 2.67 bits per heavy atom. The number of nitrogens with zero attached hydrogens (tertiary/aromatic N) is 2. The van der Waals surface area contributed by atoms with Gasteiger partial charge in [0.1, 0.15) is 6.10 Å². The van der Waals surface area contributed by atoms with Crippen molar-refractivity contribution in [3.63, 3.8) is 0 Å². The van der Waals surface area contributed by atoms with Crippen molar-refractivity contribution in [3.05, 3.63) is 30.3 Å². The molecule has 21 heavy (non-hydrogen) atoms. The summed E-state index contributed by atoms with van der Waals surface area (Å²) in [7, 11) is 0. The standard InChI is InChI=1S/C18H28N2O/c1-3-5-6-10-13-17(4-2)21-18-19-14-15-20(18)16-11-8-7-9-12-16/h7-9,11-12,17H,3-6,10,13-15H2,1-2H3. The van der Waals surface area contributed by atoms with Crippen LogP contribution in [0.2, 0.25) is 0 Å². The number of ether oxygens (including phenoxy) is 1. The highest BCUT2D eigenvalue weighted by atomic mass is 16.5. The zero-order valence-electron chi connectivity index (χ0n) is 13.4. The van der Waals surface area contributed by atoms with Gasteiger partial charge in [0.15, 0.2) is 0 Å². The third kappa shape index (κ3) is 4.76. The van der Waals surface area contributed by atoms with Gasteiger partial charge in [-0.15, -0.1) is 0 Å². The van der Waals surface area contributed by atoms with Crippen LogP contribution in [0, 0.1) is 0 Å². The molecule has 0 radical (unpaired) electrons. The largest absolute Gasteiger partial charge is 0.462 e. The maximum absolute atomic E-state index is 6.18. The molecule has 0 aliphatic carbocycles. The smallest absolute Gasteiger partial charge is 0.292 e. The fourth-order valence-corrected chi connectivity index (χ4v) is 2.67. The van der Waals surface area contributed by atoms with E-state index in [1.807, 2.05) is 6.07 Å². The molecular formula is C18H28N2O. The molecule has 1 atom stereocenters. The Bertz CT molecular complexity index is 430. The number of hydrogen-bond acceptors (Lipinski definition) is 3. The minimum atomic E-state index is 0.296. The Morgan fingerprint density at radius 1 is 1.14 bits per heavy atom. The maximum atomic E-state index is 6.18. The molecule has 116 valence electrons. The first kappa shape index (κ1) is 15.9. The lowest BCUT2D eigenvalue weighted by molar-refractivity contribution is 0.166. The molecule has 0 saturated carbocycles. The average Bonchev–Trinajstić information content (AvgIpc) is 2.99. The normalized spacial score (nSPS) is 15.9. The van der Waals surface area contributed by atoms with E-state index in [1.165, 1.54) is 31.4 Å². The van der Waals surface area contributed by atoms with Crippen LogP contribution in [0.1, 0.15) is 52.4 Å². The molecule has 1 aliphatic heterocycles. The Morgan fingerprint density at radius 2 is 1.95 bits per heavy atom. The lowest BCUT2D eigenvalue weighted by Crippen LogP contribution is -2.32. The number of para-hydroxylation sites is 1. The molecule has 0 saturated heterocycles. The molecule has 0 spiro atoms. The second-order valence-electron chi connectivity index (χ2n) is 5.65. The molecule has 0 fully saturated rings. The van der Waals surface area contributed by atoms with Gasteiger partial charge in [-0.1, -0.05) is 51.3 Å². The van der Waals surface area contributed by atoms with Crippen LogP contribution in [-0.2, 0) is 4.74 Å². The zero-order chi connectivity index (χ0) is 14.9. The number of amidine groups is 1. The summed E-state index contributed by atoms with van der Waals surface area (Å²) in [6.45, 7) is 6.20. The third-order valence-corrected chi connectivity index (χ3v) is 3.98. The summed E-state index contributed by atoms with van der Waals surface area (Å²) >= 11 is 0. The van der Waals surface area contributed by atoms with Crippen molar-refractivity contribution in [1.29, 1.82) is 0 Å². The number of anilines is 1. The van der Waals surface area contributed by atoms with Gasteiger partial charge in [0.05, 0.1) is 6.54 Å². The molecule has 3 heteroatoms. The lowest BCUT2D eigenvalue weighted by atomic mass is 10.1. The van der Waals surface area contributed by atoms with Crippen molar-refractivity contribution < 1.29 is 4.74 Å². The second kappa shape index (κ2) is 8.71. The number of unbranched alkanes of at least 4 members (excludes halogenated alkanes) is 3. The Balaban J connectivity index is 1.87. The summed E-state index contributed by atoms with van der Waals surface area (Å²) in [6.07, 6.45) is 7.66. The van der Waals surface area contributed by atoms with Crippen LogP contribution in [0.15, 0.2) is 35.3 Å². The third-order valence-electron chi connectivity index (χ3n) is 3.98. The highest BCUT2D eigenvalue weighted by molar-refractivity contribution is 5.93. The van der Waals surface area contributed by atoms with Crippen LogP contribution in [0.4, 0.5) is 5.69 Å². The van der Waals surface area contributed by atoms with E-state index in [0.29, 0.717) is 6.10 Å². The van der Waals surface area contributed by atoms with E-state index in [-0.39, 0.29) is 0 Å². The summed E-state index contributed by atoms with van der Waals surface area (Å²) < 4.78 is 6.18. The van der Waals surface area contributed by atoms with Crippen molar-refractivity contribution >= 4 is 11.7 Å². The van der Waals surface area contributed by atoms with Gasteiger partial charge in [-0.2, -0.15) is 0 Å². The molecule has 0 aromatic heterocycles. The number of benzene rings is 1. The van der Waals surface area contributed by atoms with Gasteiger partial charge in [-0.25, -0.2) is 4.99 Å². The second-order valence-corrected chi connectivity index (χ2v) is 5.65. The van der Waals surface area contributed by atoms with Gasteiger partial charge in [0.25, 0.3) is 6.02 Å². The van der Waals surface area contributed by atoms with Crippen molar-refractivity contribution in [2.45, 2.75) is 58.5 Å². The first-order valence-electron chi connectivity index (χ1n) is 8.38. The van der Waals surface area contributed by atoms with Crippen LogP contribution in [0.25, 0.3) is 0 Å². The quantitative estimate of drug-likeness (QED) is 0.652. The lowest BCUT2D eigenvalue weighted by Gasteiger charge is -2.24. The predicted octanol–water partition coefficient (Wildman–Crippen LogP) is 4.63. The van der Waals surface area contributed by atoms with Crippen molar-refractivity contribution in [3.8, 4) is 0 Å². The van der Waals surface area contributed by atoms with Crippen LogP contribution in [0.5, 0.6) is 0 Å². The fourth-order valence-electron chi connectivity index (χ4n) is 2.67. The highest BCUT2D eigenvalue weighted by Crippen LogP contribution is 2.20. The van der Waals surface area contributed by atoms with Gasteiger partial charge >= 0.3 is 0 Å². The predicted molar refractivity (Wildman–Crippen MR) is 90.0 cm³/mol. The first-order valence-corrected chi connectivity index (χ1v) is 8.38. The van der Waals surface area contributed by atoms with E-state index in [2.05, 4.69) is 48.0 Å². The minimum Gasteiger partial charge on any atom is -0.462 e. The summed E-state index contributed by atoms with van der Waals surface area (Å²) in [6, 6.07) is 11.2.